The van der Waals surface area contributed by atoms with Gasteiger partial charge in [0.15, 0.2) is 0 Å². The molecule has 0 amide bonds. The Balaban J connectivity index is 2.75. The smallest absolute Gasteiger partial charge is 0.328 e. The third kappa shape index (κ3) is 3.09. The summed E-state index contributed by atoms with van der Waals surface area (Å²) in [6.07, 6.45) is 2.58. The highest BCUT2D eigenvalue weighted by molar-refractivity contribution is 5.85. The number of aliphatic hydroxyl groups excluding tert-OH is 1. The fraction of sp³-hybridized carbons (Fsp3) is 0.100. The van der Waals surface area contributed by atoms with Crippen LogP contribution in [0.4, 0.5) is 0 Å². The van der Waals surface area contributed by atoms with Crippen molar-refractivity contribution in [2.24, 2.45) is 0 Å². The highest BCUT2D eigenvalue weighted by Crippen LogP contribution is 2.05. The molecule has 0 unspecified atom stereocenters. The monoisotopic (exact) mass is 178 g/mol. The fourth-order valence-corrected chi connectivity index (χ4v) is 0.902. The van der Waals surface area contributed by atoms with E-state index in [1.165, 1.54) is 6.08 Å². The van der Waals surface area contributed by atoms with Crippen molar-refractivity contribution in [1.29, 1.82) is 0 Å². The van der Waals surface area contributed by atoms with Crippen molar-refractivity contribution in [3.05, 3.63) is 41.5 Å². The molecule has 0 aliphatic carbocycles. The second kappa shape index (κ2) is 4.42. The lowest BCUT2D eigenvalue weighted by Crippen LogP contribution is -1.86. The molecule has 1 rings (SSSR count). The molecule has 0 saturated carbocycles. The molecule has 0 aliphatic rings. The molecule has 1 aromatic carbocycles. The maximum Gasteiger partial charge on any atom is 0.328 e. The maximum absolute atomic E-state index is 10.2. The average Bonchev–Trinajstić information content (AvgIpc) is 2.15. The Kier molecular flexibility index (Phi) is 3.23. The minimum atomic E-state index is -0.966. The average molecular weight is 178 g/mol. The van der Waals surface area contributed by atoms with Crippen LogP contribution in [0.3, 0.4) is 0 Å². The van der Waals surface area contributed by atoms with E-state index in [2.05, 4.69) is 0 Å². The van der Waals surface area contributed by atoms with Crippen molar-refractivity contribution >= 4 is 12.0 Å². The van der Waals surface area contributed by atoms with Crippen molar-refractivity contribution in [2.75, 3.05) is 0 Å². The second-order valence-corrected chi connectivity index (χ2v) is 2.57. The topological polar surface area (TPSA) is 57.5 Å². The Bertz CT molecular complexity index is 311. The van der Waals surface area contributed by atoms with Crippen molar-refractivity contribution in [1.82, 2.24) is 0 Å². The lowest BCUT2D eigenvalue weighted by Gasteiger charge is -1.95. The molecule has 1 aromatic rings. The number of aliphatic carboxylic acids is 1. The van der Waals surface area contributed by atoms with Crippen LogP contribution in [-0.4, -0.2) is 16.2 Å². The summed E-state index contributed by atoms with van der Waals surface area (Å²) in [6, 6.07) is 7.01. The summed E-state index contributed by atoms with van der Waals surface area (Å²) >= 11 is 0. The minimum absolute atomic E-state index is 0.00290. The van der Waals surface area contributed by atoms with Gasteiger partial charge in [-0.3, -0.25) is 0 Å². The fourth-order valence-electron chi connectivity index (χ4n) is 0.902. The number of hydrogen-bond donors (Lipinski definition) is 2. The van der Waals surface area contributed by atoms with E-state index in [-0.39, 0.29) is 6.61 Å². The van der Waals surface area contributed by atoms with E-state index >= 15 is 0 Å². The van der Waals surface area contributed by atoms with Gasteiger partial charge < -0.3 is 10.2 Å². The predicted molar refractivity (Wildman–Crippen MR) is 49.0 cm³/mol. The molecule has 2 N–H and O–H groups in total. The van der Waals surface area contributed by atoms with E-state index in [0.717, 1.165) is 17.2 Å². The number of carbonyl (C=O) groups is 1. The lowest BCUT2D eigenvalue weighted by atomic mass is 10.1. The molecule has 0 aliphatic heterocycles. The zero-order chi connectivity index (χ0) is 9.68. The lowest BCUT2D eigenvalue weighted by molar-refractivity contribution is -0.131. The van der Waals surface area contributed by atoms with E-state index in [4.69, 9.17) is 10.2 Å². The molecule has 13 heavy (non-hydrogen) atoms. The Labute approximate surface area is 76.0 Å². The van der Waals surface area contributed by atoms with E-state index in [1.54, 1.807) is 24.3 Å². The summed E-state index contributed by atoms with van der Waals surface area (Å²) in [6.45, 7) is 0.00290. The molecular weight excluding hydrogens is 168 g/mol. The van der Waals surface area contributed by atoms with Crippen molar-refractivity contribution in [2.45, 2.75) is 6.61 Å². The number of benzene rings is 1. The molecule has 0 heterocycles. The molecule has 0 bridgehead atoms. The quantitative estimate of drug-likeness (QED) is 0.685. The molecule has 0 aromatic heterocycles. The molecular formula is C10H10O3. The Morgan fingerprint density at radius 2 is 1.92 bits per heavy atom. The molecule has 0 radical (unpaired) electrons. The number of hydrogen-bond acceptors (Lipinski definition) is 2. The summed E-state index contributed by atoms with van der Waals surface area (Å²) in [5, 5.41) is 17.1. The first-order valence-corrected chi connectivity index (χ1v) is 3.83. The van der Waals surface area contributed by atoms with Crippen LogP contribution in [0.25, 0.3) is 6.08 Å². The number of carboxylic acid groups (broad SMARTS) is 1. The summed E-state index contributed by atoms with van der Waals surface area (Å²) in [5.41, 5.74) is 1.62. The van der Waals surface area contributed by atoms with E-state index in [0.29, 0.717) is 0 Å². The van der Waals surface area contributed by atoms with Crippen LogP contribution in [-0.2, 0) is 11.4 Å². The predicted octanol–water partition coefficient (Wildman–Crippen LogP) is 1.28. The van der Waals surface area contributed by atoms with Crippen molar-refractivity contribution < 1.29 is 15.0 Å². The zero-order valence-corrected chi connectivity index (χ0v) is 6.97. The van der Waals surface area contributed by atoms with Gasteiger partial charge in [0.05, 0.1) is 6.61 Å². The van der Waals surface area contributed by atoms with Crippen LogP contribution >= 0.6 is 0 Å². The Hall–Kier alpha value is -1.61. The summed E-state index contributed by atoms with van der Waals surface area (Å²) in [7, 11) is 0. The summed E-state index contributed by atoms with van der Waals surface area (Å²) in [4.78, 5) is 10.2. The molecule has 3 nitrogen and oxygen atoms in total. The number of rotatable bonds is 3. The first kappa shape index (κ1) is 9.48. The summed E-state index contributed by atoms with van der Waals surface area (Å²) in [5.74, 6) is -0.966. The van der Waals surface area contributed by atoms with E-state index in [1.807, 2.05) is 0 Å². The highest BCUT2D eigenvalue weighted by Gasteiger charge is 1.90. The van der Waals surface area contributed by atoms with Crippen LogP contribution in [0.2, 0.25) is 0 Å². The van der Waals surface area contributed by atoms with Gasteiger partial charge in [-0.2, -0.15) is 0 Å². The van der Waals surface area contributed by atoms with Gasteiger partial charge in [0.25, 0.3) is 0 Å². The van der Waals surface area contributed by atoms with Crippen molar-refractivity contribution in [3.8, 4) is 0 Å². The molecule has 0 spiro atoms. The van der Waals surface area contributed by atoms with E-state index < -0.39 is 5.97 Å². The minimum Gasteiger partial charge on any atom is -0.478 e. The highest BCUT2D eigenvalue weighted by atomic mass is 16.4. The molecule has 3 heteroatoms. The van der Waals surface area contributed by atoms with Gasteiger partial charge in [-0.25, -0.2) is 4.79 Å². The van der Waals surface area contributed by atoms with Gasteiger partial charge in [-0.05, 0) is 17.2 Å². The second-order valence-electron chi connectivity index (χ2n) is 2.57. The van der Waals surface area contributed by atoms with Gasteiger partial charge in [-0.1, -0.05) is 24.3 Å². The molecule has 0 fully saturated rings. The largest absolute Gasteiger partial charge is 0.478 e. The normalized spacial score (nSPS) is 10.5. The Morgan fingerprint density at radius 3 is 2.38 bits per heavy atom. The molecule has 0 saturated heterocycles. The number of aliphatic hydroxyl groups is 1. The molecule has 68 valence electrons. The van der Waals surface area contributed by atoms with E-state index in [9.17, 15) is 4.79 Å². The zero-order valence-electron chi connectivity index (χ0n) is 6.97. The first-order valence-electron chi connectivity index (χ1n) is 3.83. The standard InChI is InChI=1S/C10H10O3/c11-7-9-3-1-8(2-4-9)5-6-10(12)13/h1-6,11H,7H2,(H,12,13)/b6-5+. The first-order chi connectivity index (χ1) is 6.22. The van der Waals surface area contributed by atoms with Crippen LogP contribution < -0.4 is 0 Å². The van der Waals surface area contributed by atoms with Gasteiger partial charge in [-0.15, -0.1) is 0 Å². The third-order valence-electron chi connectivity index (χ3n) is 1.58. The number of carboxylic acids is 1. The maximum atomic E-state index is 10.2. The van der Waals surface area contributed by atoms with Crippen LogP contribution in [0.15, 0.2) is 30.3 Å². The molecule has 0 atom stereocenters. The van der Waals surface area contributed by atoms with Gasteiger partial charge in [0.2, 0.25) is 0 Å². The van der Waals surface area contributed by atoms with Crippen LogP contribution in [0.1, 0.15) is 11.1 Å². The van der Waals surface area contributed by atoms with Gasteiger partial charge >= 0.3 is 5.97 Å². The SMILES string of the molecule is O=C(O)/C=C/c1ccc(CO)cc1. The van der Waals surface area contributed by atoms with Gasteiger partial charge in [0.1, 0.15) is 0 Å². The van der Waals surface area contributed by atoms with Crippen LogP contribution in [0, 0.1) is 0 Å². The summed E-state index contributed by atoms with van der Waals surface area (Å²) < 4.78 is 0. The van der Waals surface area contributed by atoms with Crippen molar-refractivity contribution in [3.63, 3.8) is 0 Å². The van der Waals surface area contributed by atoms with Gasteiger partial charge in [0, 0.05) is 6.08 Å². The Morgan fingerprint density at radius 1 is 1.31 bits per heavy atom. The third-order valence-corrected chi connectivity index (χ3v) is 1.58. The van der Waals surface area contributed by atoms with Crippen LogP contribution in [0.5, 0.6) is 0 Å².